The standard InChI is InChI=1S/C16H16N4O/c1-2-15-19-13-8-3-10(9-14(13)20-15)16(21)18-12-6-4-11(17)5-7-12/h3-9H,2,17H2,1H3,(H,18,21)(H,19,20). The lowest BCUT2D eigenvalue weighted by Gasteiger charge is -2.05. The molecule has 0 aliphatic heterocycles. The SMILES string of the molecule is CCc1nc2ccc(C(=O)Nc3ccc(N)cc3)cc2[nH]1. The molecule has 0 aliphatic carbocycles. The van der Waals surface area contributed by atoms with Crippen LogP contribution in [0.3, 0.4) is 0 Å². The highest BCUT2D eigenvalue weighted by atomic mass is 16.1. The lowest BCUT2D eigenvalue weighted by Crippen LogP contribution is -2.11. The van der Waals surface area contributed by atoms with Crippen LogP contribution in [0.25, 0.3) is 11.0 Å². The minimum absolute atomic E-state index is 0.158. The van der Waals surface area contributed by atoms with Crippen molar-refractivity contribution in [1.29, 1.82) is 0 Å². The number of aromatic nitrogens is 2. The molecule has 0 fully saturated rings. The molecule has 21 heavy (non-hydrogen) atoms. The Labute approximate surface area is 122 Å². The summed E-state index contributed by atoms with van der Waals surface area (Å²) in [6.45, 7) is 2.03. The van der Waals surface area contributed by atoms with Crippen molar-refractivity contribution in [3.63, 3.8) is 0 Å². The van der Waals surface area contributed by atoms with Crippen LogP contribution >= 0.6 is 0 Å². The van der Waals surface area contributed by atoms with Crippen LogP contribution in [0, 0.1) is 0 Å². The fraction of sp³-hybridized carbons (Fsp3) is 0.125. The summed E-state index contributed by atoms with van der Waals surface area (Å²) in [5, 5.41) is 2.84. The Balaban J connectivity index is 1.85. The number of nitrogen functional groups attached to an aromatic ring is 1. The summed E-state index contributed by atoms with van der Waals surface area (Å²) in [6.07, 6.45) is 0.835. The van der Waals surface area contributed by atoms with E-state index in [1.807, 2.05) is 19.1 Å². The molecule has 3 aromatic rings. The molecule has 1 aromatic heterocycles. The van der Waals surface area contributed by atoms with E-state index < -0.39 is 0 Å². The monoisotopic (exact) mass is 280 g/mol. The molecule has 5 heteroatoms. The van der Waals surface area contributed by atoms with Crippen LogP contribution in [0.2, 0.25) is 0 Å². The third-order valence-electron chi connectivity index (χ3n) is 3.30. The number of nitrogens with zero attached hydrogens (tertiary/aromatic N) is 1. The second-order valence-electron chi connectivity index (χ2n) is 4.85. The average molecular weight is 280 g/mol. The second kappa shape index (κ2) is 5.28. The molecule has 3 rings (SSSR count). The largest absolute Gasteiger partial charge is 0.399 e. The third kappa shape index (κ3) is 2.72. The van der Waals surface area contributed by atoms with Gasteiger partial charge >= 0.3 is 0 Å². The van der Waals surface area contributed by atoms with Crippen molar-refractivity contribution in [3.8, 4) is 0 Å². The Hall–Kier alpha value is -2.82. The molecule has 2 aromatic carbocycles. The number of hydrogen-bond acceptors (Lipinski definition) is 3. The first-order chi connectivity index (χ1) is 10.2. The molecule has 5 nitrogen and oxygen atoms in total. The summed E-state index contributed by atoms with van der Waals surface area (Å²) in [5.74, 6) is 0.760. The van der Waals surface area contributed by atoms with Gasteiger partial charge in [0.05, 0.1) is 11.0 Å². The van der Waals surface area contributed by atoms with E-state index in [9.17, 15) is 4.79 Å². The van der Waals surface area contributed by atoms with Crippen molar-refractivity contribution in [2.75, 3.05) is 11.1 Å². The molecule has 4 N–H and O–H groups in total. The molecule has 0 radical (unpaired) electrons. The number of H-pyrrole nitrogens is 1. The minimum atomic E-state index is -0.158. The molecule has 1 amide bonds. The topological polar surface area (TPSA) is 83.8 Å². The number of benzene rings is 2. The first-order valence-electron chi connectivity index (χ1n) is 6.81. The van der Waals surface area contributed by atoms with Gasteiger partial charge in [-0.3, -0.25) is 4.79 Å². The van der Waals surface area contributed by atoms with E-state index in [2.05, 4.69) is 15.3 Å². The van der Waals surface area contributed by atoms with E-state index in [4.69, 9.17) is 5.73 Å². The number of nitrogens with one attached hydrogen (secondary N) is 2. The first-order valence-corrected chi connectivity index (χ1v) is 6.81. The maximum Gasteiger partial charge on any atom is 0.255 e. The van der Waals surface area contributed by atoms with Crippen molar-refractivity contribution < 1.29 is 4.79 Å². The van der Waals surface area contributed by atoms with Crippen LogP contribution in [0.5, 0.6) is 0 Å². The minimum Gasteiger partial charge on any atom is -0.399 e. The molecule has 0 saturated heterocycles. The predicted octanol–water partition coefficient (Wildman–Crippen LogP) is 2.96. The summed E-state index contributed by atoms with van der Waals surface area (Å²) < 4.78 is 0. The Morgan fingerprint density at radius 3 is 2.71 bits per heavy atom. The fourth-order valence-electron chi connectivity index (χ4n) is 2.14. The summed E-state index contributed by atoms with van der Waals surface area (Å²) in [4.78, 5) is 19.9. The fourth-order valence-corrected chi connectivity index (χ4v) is 2.14. The van der Waals surface area contributed by atoms with Gasteiger partial charge in [-0.25, -0.2) is 4.98 Å². The van der Waals surface area contributed by atoms with Gasteiger partial charge in [0.15, 0.2) is 0 Å². The maximum absolute atomic E-state index is 12.2. The van der Waals surface area contributed by atoms with Crippen LogP contribution in [-0.2, 0) is 6.42 Å². The molecular weight excluding hydrogens is 264 g/mol. The highest BCUT2D eigenvalue weighted by Crippen LogP contribution is 2.16. The molecule has 0 saturated carbocycles. The van der Waals surface area contributed by atoms with Gasteiger partial charge in [-0.15, -0.1) is 0 Å². The smallest absolute Gasteiger partial charge is 0.255 e. The zero-order chi connectivity index (χ0) is 14.8. The van der Waals surface area contributed by atoms with Crippen LogP contribution < -0.4 is 11.1 Å². The number of carbonyl (C=O) groups excluding carboxylic acids is 1. The van der Waals surface area contributed by atoms with Gasteiger partial charge in [-0.2, -0.15) is 0 Å². The molecule has 0 spiro atoms. The highest BCUT2D eigenvalue weighted by molar-refractivity contribution is 6.05. The number of amides is 1. The molecule has 0 atom stereocenters. The average Bonchev–Trinajstić information content (AvgIpc) is 2.91. The van der Waals surface area contributed by atoms with Gasteiger partial charge in [0.1, 0.15) is 5.82 Å². The van der Waals surface area contributed by atoms with Gasteiger partial charge in [-0.05, 0) is 42.5 Å². The van der Waals surface area contributed by atoms with E-state index in [-0.39, 0.29) is 5.91 Å². The van der Waals surface area contributed by atoms with Crippen LogP contribution in [-0.4, -0.2) is 15.9 Å². The summed E-state index contributed by atoms with van der Waals surface area (Å²) in [7, 11) is 0. The lowest BCUT2D eigenvalue weighted by molar-refractivity contribution is 0.102. The quantitative estimate of drug-likeness (QED) is 0.645. The molecule has 0 aliphatic rings. The molecule has 106 valence electrons. The Morgan fingerprint density at radius 2 is 2.00 bits per heavy atom. The van der Waals surface area contributed by atoms with Gasteiger partial charge in [-0.1, -0.05) is 6.92 Å². The van der Waals surface area contributed by atoms with Gasteiger partial charge in [0.25, 0.3) is 5.91 Å². The van der Waals surface area contributed by atoms with E-state index in [0.29, 0.717) is 16.9 Å². The summed E-state index contributed by atoms with van der Waals surface area (Å²) >= 11 is 0. The van der Waals surface area contributed by atoms with Crippen LogP contribution in [0.1, 0.15) is 23.1 Å². The molecule has 1 heterocycles. The van der Waals surface area contributed by atoms with E-state index >= 15 is 0 Å². The number of hydrogen-bond donors (Lipinski definition) is 3. The van der Waals surface area contributed by atoms with Crippen molar-refractivity contribution >= 4 is 28.3 Å². The highest BCUT2D eigenvalue weighted by Gasteiger charge is 2.09. The lowest BCUT2D eigenvalue weighted by atomic mass is 10.2. The van der Waals surface area contributed by atoms with E-state index in [1.165, 1.54) is 0 Å². The normalized spacial score (nSPS) is 10.7. The van der Waals surface area contributed by atoms with E-state index in [0.717, 1.165) is 23.3 Å². The number of anilines is 2. The summed E-state index contributed by atoms with van der Waals surface area (Å²) in [6, 6.07) is 12.5. The maximum atomic E-state index is 12.2. The first kappa shape index (κ1) is 13.2. The van der Waals surface area contributed by atoms with Gasteiger partial charge in [0, 0.05) is 23.4 Å². The third-order valence-corrected chi connectivity index (χ3v) is 3.30. The predicted molar refractivity (Wildman–Crippen MR) is 84.3 cm³/mol. The Morgan fingerprint density at radius 1 is 1.24 bits per heavy atom. The van der Waals surface area contributed by atoms with Crippen molar-refractivity contribution in [2.45, 2.75) is 13.3 Å². The van der Waals surface area contributed by atoms with Crippen molar-refractivity contribution in [2.24, 2.45) is 0 Å². The number of rotatable bonds is 3. The second-order valence-corrected chi connectivity index (χ2v) is 4.85. The van der Waals surface area contributed by atoms with Crippen molar-refractivity contribution in [3.05, 3.63) is 53.9 Å². The van der Waals surface area contributed by atoms with Crippen LogP contribution in [0.4, 0.5) is 11.4 Å². The number of carbonyl (C=O) groups is 1. The molecular formula is C16H16N4O. The number of imidazole rings is 1. The number of fused-ring (bicyclic) bond motifs is 1. The van der Waals surface area contributed by atoms with E-state index in [1.54, 1.807) is 30.3 Å². The Bertz CT molecular complexity index is 790. The number of aryl methyl sites for hydroxylation is 1. The zero-order valence-electron chi connectivity index (χ0n) is 11.7. The molecule has 0 bridgehead atoms. The van der Waals surface area contributed by atoms with Gasteiger partial charge < -0.3 is 16.0 Å². The van der Waals surface area contributed by atoms with Crippen molar-refractivity contribution in [1.82, 2.24) is 9.97 Å². The molecule has 0 unspecified atom stereocenters. The van der Waals surface area contributed by atoms with Crippen LogP contribution in [0.15, 0.2) is 42.5 Å². The number of aromatic amines is 1. The number of nitrogens with two attached hydrogens (primary N) is 1. The summed E-state index contributed by atoms with van der Waals surface area (Å²) in [5.41, 5.74) is 9.34. The zero-order valence-corrected chi connectivity index (χ0v) is 11.7. The Kier molecular flexibility index (Phi) is 3.31. The van der Waals surface area contributed by atoms with Gasteiger partial charge in [0.2, 0.25) is 0 Å².